The summed E-state index contributed by atoms with van der Waals surface area (Å²) >= 11 is 0. The standard InChI is InChI=1S/C22H21NO3S/c1-15-4-12-21(13-5-15)27(25,26)23-20-10-8-18(9-11-20)22(24)19-7-6-16(2)17(3)14-19/h4-14,23H,1-3H3. The molecule has 0 heterocycles. The SMILES string of the molecule is Cc1ccc(S(=O)(=O)Nc2ccc(C(=O)c3ccc(C)c(C)c3)cc2)cc1. The molecule has 0 bridgehead atoms. The first kappa shape index (κ1) is 18.9. The van der Waals surface area contributed by atoms with Crippen molar-refractivity contribution in [3.63, 3.8) is 0 Å². The maximum absolute atomic E-state index is 12.6. The molecular weight excluding hydrogens is 358 g/mol. The average molecular weight is 379 g/mol. The van der Waals surface area contributed by atoms with Gasteiger partial charge < -0.3 is 0 Å². The summed E-state index contributed by atoms with van der Waals surface area (Å²) in [5.74, 6) is -0.0916. The van der Waals surface area contributed by atoms with E-state index < -0.39 is 10.0 Å². The van der Waals surface area contributed by atoms with Crippen molar-refractivity contribution in [3.05, 3.63) is 94.5 Å². The van der Waals surface area contributed by atoms with Crippen LogP contribution in [0, 0.1) is 20.8 Å². The second-order valence-corrected chi connectivity index (χ2v) is 8.31. The maximum atomic E-state index is 12.6. The first-order valence-corrected chi connectivity index (χ1v) is 10.1. The number of nitrogens with one attached hydrogen (secondary N) is 1. The molecule has 0 fully saturated rings. The number of anilines is 1. The molecule has 0 aromatic heterocycles. The van der Waals surface area contributed by atoms with Crippen LogP contribution in [0.15, 0.2) is 71.6 Å². The van der Waals surface area contributed by atoms with Gasteiger partial charge in [0.1, 0.15) is 0 Å². The van der Waals surface area contributed by atoms with Crippen LogP contribution < -0.4 is 4.72 Å². The third-order valence-electron chi connectivity index (χ3n) is 4.50. The molecule has 3 aromatic rings. The molecule has 0 spiro atoms. The van der Waals surface area contributed by atoms with Crippen molar-refractivity contribution in [2.45, 2.75) is 25.7 Å². The highest BCUT2D eigenvalue weighted by Gasteiger charge is 2.15. The molecule has 3 aromatic carbocycles. The lowest BCUT2D eigenvalue weighted by atomic mass is 9.99. The van der Waals surface area contributed by atoms with E-state index in [0.29, 0.717) is 16.8 Å². The molecule has 1 N–H and O–H groups in total. The summed E-state index contributed by atoms with van der Waals surface area (Å²) in [6.07, 6.45) is 0. The summed E-state index contributed by atoms with van der Waals surface area (Å²) in [7, 11) is -3.66. The smallest absolute Gasteiger partial charge is 0.261 e. The van der Waals surface area contributed by atoms with Gasteiger partial charge in [0.2, 0.25) is 0 Å². The fraction of sp³-hybridized carbons (Fsp3) is 0.136. The number of carbonyl (C=O) groups is 1. The fourth-order valence-electron chi connectivity index (χ4n) is 2.67. The molecule has 3 rings (SSSR count). The van der Waals surface area contributed by atoms with E-state index in [9.17, 15) is 13.2 Å². The largest absolute Gasteiger partial charge is 0.289 e. The Balaban J connectivity index is 1.79. The number of sulfonamides is 1. The number of hydrogen-bond donors (Lipinski definition) is 1. The molecular formula is C22H21NO3S. The van der Waals surface area contributed by atoms with Crippen molar-refractivity contribution in [3.8, 4) is 0 Å². The van der Waals surface area contributed by atoms with Crippen molar-refractivity contribution in [1.29, 1.82) is 0 Å². The van der Waals surface area contributed by atoms with E-state index >= 15 is 0 Å². The van der Waals surface area contributed by atoms with Crippen molar-refractivity contribution < 1.29 is 13.2 Å². The van der Waals surface area contributed by atoms with Gasteiger partial charge in [0.15, 0.2) is 5.78 Å². The topological polar surface area (TPSA) is 63.2 Å². The van der Waals surface area contributed by atoms with E-state index in [-0.39, 0.29) is 10.7 Å². The van der Waals surface area contributed by atoms with E-state index in [4.69, 9.17) is 0 Å². The summed E-state index contributed by atoms with van der Waals surface area (Å²) in [4.78, 5) is 12.8. The van der Waals surface area contributed by atoms with Crippen LogP contribution in [-0.2, 0) is 10.0 Å². The van der Waals surface area contributed by atoms with Gasteiger partial charge in [-0.05, 0) is 74.4 Å². The number of ketones is 1. The van der Waals surface area contributed by atoms with Gasteiger partial charge in [0, 0.05) is 16.8 Å². The zero-order valence-electron chi connectivity index (χ0n) is 15.5. The van der Waals surface area contributed by atoms with Crippen LogP contribution in [0.5, 0.6) is 0 Å². The molecule has 27 heavy (non-hydrogen) atoms. The normalized spacial score (nSPS) is 11.2. The molecule has 0 atom stereocenters. The number of hydrogen-bond acceptors (Lipinski definition) is 3. The van der Waals surface area contributed by atoms with E-state index in [1.165, 1.54) is 0 Å². The van der Waals surface area contributed by atoms with Crippen LogP contribution in [-0.4, -0.2) is 14.2 Å². The Morgan fingerprint density at radius 1 is 0.741 bits per heavy atom. The summed E-state index contributed by atoms with van der Waals surface area (Å²) < 4.78 is 27.4. The molecule has 0 amide bonds. The molecule has 0 unspecified atom stereocenters. The Bertz CT molecular complexity index is 1080. The van der Waals surface area contributed by atoms with Crippen LogP contribution in [0.3, 0.4) is 0 Å². The van der Waals surface area contributed by atoms with Gasteiger partial charge in [-0.2, -0.15) is 0 Å². The molecule has 138 valence electrons. The number of aryl methyl sites for hydroxylation is 3. The fourth-order valence-corrected chi connectivity index (χ4v) is 3.73. The minimum Gasteiger partial charge on any atom is -0.289 e. The number of rotatable bonds is 5. The van der Waals surface area contributed by atoms with Crippen molar-refractivity contribution in [2.75, 3.05) is 4.72 Å². The summed E-state index contributed by atoms with van der Waals surface area (Å²) in [5, 5.41) is 0. The molecule has 4 nitrogen and oxygen atoms in total. The Morgan fingerprint density at radius 2 is 1.33 bits per heavy atom. The maximum Gasteiger partial charge on any atom is 0.261 e. The number of benzene rings is 3. The summed E-state index contributed by atoms with van der Waals surface area (Å²) in [6, 6.07) is 18.7. The van der Waals surface area contributed by atoms with Gasteiger partial charge in [-0.3, -0.25) is 9.52 Å². The Morgan fingerprint density at radius 3 is 1.93 bits per heavy atom. The van der Waals surface area contributed by atoms with Gasteiger partial charge in [0.25, 0.3) is 10.0 Å². The average Bonchev–Trinajstić information content (AvgIpc) is 2.64. The predicted molar refractivity (Wildman–Crippen MR) is 108 cm³/mol. The minimum atomic E-state index is -3.66. The highest BCUT2D eigenvalue weighted by atomic mass is 32.2. The monoisotopic (exact) mass is 379 g/mol. The van der Waals surface area contributed by atoms with Gasteiger partial charge >= 0.3 is 0 Å². The van der Waals surface area contributed by atoms with Crippen molar-refractivity contribution in [2.24, 2.45) is 0 Å². The van der Waals surface area contributed by atoms with Crippen LogP contribution in [0.4, 0.5) is 5.69 Å². The molecule has 0 saturated heterocycles. The summed E-state index contributed by atoms with van der Waals surface area (Å²) in [5.41, 5.74) is 4.72. The lowest BCUT2D eigenvalue weighted by Gasteiger charge is -2.09. The highest BCUT2D eigenvalue weighted by molar-refractivity contribution is 7.92. The zero-order valence-corrected chi connectivity index (χ0v) is 16.3. The molecule has 0 aliphatic rings. The lowest BCUT2D eigenvalue weighted by Crippen LogP contribution is -2.13. The van der Waals surface area contributed by atoms with Crippen molar-refractivity contribution in [1.82, 2.24) is 0 Å². The third kappa shape index (κ3) is 4.26. The molecule has 0 radical (unpaired) electrons. The molecule has 0 aliphatic heterocycles. The Kier molecular flexibility index (Phi) is 5.15. The van der Waals surface area contributed by atoms with Gasteiger partial charge in [-0.15, -0.1) is 0 Å². The van der Waals surface area contributed by atoms with Crippen LogP contribution in [0.1, 0.15) is 32.6 Å². The second-order valence-electron chi connectivity index (χ2n) is 6.62. The second kappa shape index (κ2) is 7.37. The van der Waals surface area contributed by atoms with E-state index in [1.807, 2.05) is 32.9 Å². The van der Waals surface area contributed by atoms with E-state index in [0.717, 1.165) is 16.7 Å². The van der Waals surface area contributed by atoms with E-state index in [1.54, 1.807) is 54.6 Å². The quantitative estimate of drug-likeness (QED) is 0.657. The van der Waals surface area contributed by atoms with Gasteiger partial charge in [-0.25, -0.2) is 8.42 Å². The zero-order chi connectivity index (χ0) is 19.6. The molecule has 0 saturated carbocycles. The first-order valence-electron chi connectivity index (χ1n) is 8.58. The molecule has 0 aliphatic carbocycles. The highest BCUT2D eigenvalue weighted by Crippen LogP contribution is 2.19. The van der Waals surface area contributed by atoms with Gasteiger partial charge in [0.05, 0.1) is 4.90 Å². The Hall–Kier alpha value is -2.92. The third-order valence-corrected chi connectivity index (χ3v) is 5.90. The number of carbonyl (C=O) groups excluding carboxylic acids is 1. The van der Waals surface area contributed by atoms with Crippen LogP contribution in [0.2, 0.25) is 0 Å². The lowest BCUT2D eigenvalue weighted by molar-refractivity contribution is 0.103. The summed E-state index contributed by atoms with van der Waals surface area (Å²) in [6.45, 7) is 5.86. The van der Waals surface area contributed by atoms with Gasteiger partial charge in [-0.1, -0.05) is 29.8 Å². The van der Waals surface area contributed by atoms with E-state index in [2.05, 4.69) is 4.72 Å². The van der Waals surface area contributed by atoms with Crippen LogP contribution in [0.25, 0.3) is 0 Å². The predicted octanol–water partition coefficient (Wildman–Crippen LogP) is 4.64. The minimum absolute atomic E-state index is 0.0916. The Labute approximate surface area is 159 Å². The molecule has 5 heteroatoms. The van der Waals surface area contributed by atoms with Crippen LogP contribution >= 0.6 is 0 Å². The first-order chi connectivity index (χ1) is 12.8. The van der Waals surface area contributed by atoms with Crippen molar-refractivity contribution >= 4 is 21.5 Å².